The van der Waals surface area contributed by atoms with E-state index >= 15 is 0 Å². The van der Waals surface area contributed by atoms with Crippen molar-refractivity contribution in [2.45, 2.75) is 24.8 Å². The maximum Gasteiger partial charge on any atom is 0.251 e. The minimum Gasteiger partial charge on any atom is -0.496 e. The number of benzene rings is 2. The van der Waals surface area contributed by atoms with Crippen molar-refractivity contribution in [3.8, 4) is 5.75 Å². The minimum absolute atomic E-state index is 0.146. The van der Waals surface area contributed by atoms with Crippen LogP contribution in [-0.2, 0) is 10.0 Å². The molecule has 0 spiro atoms. The maximum absolute atomic E-state index is 12.5. The molecule has 7 heteroatoms. The van der Waals surface area contributed by atoms with Crippen molar-refractivity contribution < 1.29 is 17.9 Å². The molecule has 1 N–H and O–H groups in total. The van der Waals surface area contributed by atoms with Crippen LogP contribution in [0.2, 0.25) is 0 Å². The van der Waals surface area contributed by atoms with Crippen LogP contribution in [0.15, 0.2) is 47.4 Å². The molecule has 0 aliphatic heterocycles. The molecule has 0 saturated heterocycles. The first-order valence-electron chi connectivity index (χ1n) is 8.15. The number of aryl methyl sites for hydroxylation is 1. The average molecular weight is 376 g/mol. The molecular formula is C19H24N2O4S. The van der Waals surface area contributed by atoms with Crippen LogP contribution in [0, 0.1) is 6.92 Å². The number of nitrogens with one attached hydrogen (secondary N) is 1. The second-order valence-electron chi connectivity index (χ2n) is 6.25. The Labute approximate surface area is 154 Å². The Bertz CT molecular complexity index is 890. The summed E-state index contributed by atoms with van der Waals surface area (Å²) in [6, 6.07) is 11.4. The highest BCUT2D eigenvalue weighted by Crippen LogP contribution is 2.26. The van der Waals surface area contributed by atoms with E-state index in [9.17, 15) is 13.2 Å². The highest BCUT2D eigenvalue weighted by Gasteiger charge is 2.19. The predicted octanol–water partition coefficient (Wildman–Crippen LogP) is 2.74. The largest absolute Gasteiger partial charge is 0.496 e. The van der Waals surface area contributed by atoms with Crippen molar-refractivity contribution >= 4 is 15.9 Å². The molecule has 0 bridgehead atoms. The van der Waals surface area contributed by atoms with Gasteiger partial charge in [0.25, 0.3) is 5.91 Å². The zero-order valence-electron chi connectivity index (χ0n) is 15.6. The van der Waals surface area contributed by atoms with Crippen molar-refractivity contribution in [2.75, 3.05) is 21.2 Å². The molecule has 2 rings (SSSR count). The number of hydrogen-bond donors (Lipinski definition) is 1. The van der Waals surface area contributed by atoms with Crippen LogP contribution < -0.4 is 10.1 Å². The molecule has 0 heterocycles. The Morgan fingerprint density at radius 3 is 2.27 bits per heavy atom. The number of ether oxygens (including phenoxy) is 1. The van der Waals surface area contributed by atoms with Crippen LogP contribution in [-0.4, -0.2) is 39.8 Å². The number of amides is 1. The van der Waals surface area contributed by atoms with Gasteiger partial charge in [-0.05, 0) is 44.2 Å². The lowest BCUT2D eigenvalue weighted by atomic mass is 10.0. The number of carbonyl (C=O) groups is 1. The van der Waals surface area contributed by atoms with E-state index in [0.29, 0.717) is 11.3 Å². The first-order chi connectivity index (χ1) is 12.2. The van der Waals surface area contributed by atoms with Crippen molar-refractivity contribution in [1.29, 1.82) is 0 Å². The van der Waals surface area contributed by atoms with Crippen molar-refractivity contribution in [3.05, 3.63) is 59.2 Å². The van der Waals surface area contributed by atoms with Crippen LogP contribution in [0.4, 0.5) is 0 Å². The molecule has 1 amide bonds. The normalized spacial score (nSPS) is 12.7. The van der Waals surface area contributed by atoms with Gasteiger partial charge in [-0.1, -0.05) is 17.7 Å². The molecule has 6 nitrogen and oxygen atoms in total. The SMILES string of the molecule is COc1ccc(C)cc1[C@@H](C)NC(=O)c1ccc(S(=O)(=O)N(C)C)cc1. The van der Waals surface area contributed by atoms with E-state index in [0.717, 1.165) is 15.4 Å². The monoisotopic (exact) mass is 376 g/mol. The Morgan fingerprint density at radius 2 is 1.73 bits per heavy atom. The predicted molar refractivity (Wildman–Crippen MR) is 101 cm³/mol. The van der Waals surface area contributed by atoms with Gasteiger partial charge in [0, 0.05) is 25.2 Å². The first-order valence-corrected chi connectivity index (χ1v) is 9.59. The fourth-order valence-electron chi connectivity index (χ4n) is 2.54. The molecule has 0 radical (unpaired) electrons. The van der Waals surface area contributed by atoms with E-state index in [1.807, 2.05) is 32.0 Å². The van der Waals surface area contributed by atoms with E-state index < -0.39 is 10.0 Å². The fourth-order valence-corrected chi connectivity index (χ4v) is 3.44. The van der Waals surface area contributed by atoms with Gasteiger partial charge in [-0.15, -0.1) is 0 Å². The molecule has 1 atom stereocenters. The molecule has 0 aromatic heterocycles. The third-order valence-corrected chi connectivity index (χ3v) is 5.92. The van der Waals surface area contributed by atoms with Crippen LogP contribution in [0.3, 0.4) is 0 Å². The van der Waals surface area contributed by atoms with Gasteiger partial charge in [0.2, 0.25) is 10.0 Å². The number of carbonyl (C=O) groups excluding carboxylic acids is 1. The zero-order chi connectivity index (χ0) is 19.5. The lowest BCUT2D eigenvalue weighted by Crippen LogP contribution is -2.27. The second kappa shape index (κ2) is 7.88. The standard InChI is InChI=1S/C19H24N2O4S/c1-13-6-11-18(25-5)17(12-13)14(2)20-19(22)15-7-9-16(10-8-15)26(23,24)21(3)4/h6-12,14H,1-5H3,(H,20,22)/t14-/m1/s1. The maximum atomic E-state index is 12.5. The topological polar surface area (TPSA) is 75.7 Å². The molecule has 0 aliphatic carbocycles. The van der Waals surface area contributed by atoms with E-state index in [2.05, 4.69) is 5.32 Å². The second-order valence-corrected chi connectivity index (χ2v) is 8.40. The van der Waals surface area contributed by atoms with E-state index in [-0.39, 0.29) is 16.8 Å². The van der Waals surface area contributed by atoms with Gasteiger partial charge in [0.15, 0.2) is 0 Å². The van der Waals surface area contributed by atoms with Crippen molar-refractivity contribution in [1.82, 2.24) is 9.62 Å². The number of nitrogens with zero attached hydrogens (tertiary/aromatic N) is 1. The lowest BCUT2D eigenvalue weighted by molar-refractivity contribution is 0.0939. The van der Waals surface area contributed by atoms with E-state index in [1.54, 1.807) is 7.11 Å². The Balaban J connectivity index is 2.19. The summed E-state index contributed by atoms with van der Waals surface area (Å²) in [4.78, 5) is 12.6. The molecule has 26 heavy (non-hydrogen) atoms. The highest BCUT2D eigenvalue weighted by atomic mass is 32.2. The number of rotatable bonds is 6. The molecule has 0 saturated carbocycles. The molecule has 140 valence electrons. The van der Waals surface area contributed by atoms with Gasteiger partial charge in [-0.3, -0.25) is 4.79 Å². The van der Waals surface area contributed by atoms with Crippen molar-refractivity contribution in [3.63, 3.8) is 0 Å². The van der Waals surface area contributed by atoms with E-state index in [4.69, 9.17) is 4.74 Å². The molecule has 0 unspecified atom stereocenters. The first kappa shape index (κ1) is 19.9. The Hall–Kier alpha value is -2.38. The minimum atomic E-state index is -3.51. The lowest BCUT2D eigenvalue weighted by Gasteiger charge is -2.18. The number of methoxy groups -OCH3 is 1. The summed E-state index contributed by atoms with van der Waals surface area (Å²) in [5, 5.41) is 2.92. The molecule has 2 aromatic rings. The number of hydrogen-bond acceptors (Lipinski definition) is 4. The third kappa shape index (κ3) is 4.23. The van der Waals surface area contributed by atoms with E-state index in [1.165, 1.54) is 38.4 Å². The molecule has 0 aliphatic rings. The van der Waals surface area contributed by atoms with Gasteiger partial charge < -0.3 is 10.1 Å². The Kier molecular flexibility index (Phi) is 6.05. The van der Waals surface area contributed by atoms with Crippen LogP contribution in [0.1, 0.15) is 34.5 Å². The van der Waals surface area contributed by atoms with Crippen LogP contribution >= 0.6 is 0 Å². The summed E-state index contributed by atoms with van der Waals surface area (Å²) < 4.78 is 30.7. The van der Waals surface area contributed by atoms with Crippen LogP contribution in [0.25, 0.3) is 0 Å². The van der Waals surface area contributed by atoms with Crippen LogP contribution in [0.5, 0.6) is 5.75 Å². The summed E-state index contributed by atoms with van der Waals surface area (Å²) in [7, 11) is 1.01. The van der Waals surface area contributed by atoms with Gasteiger partial charge >= 0.3 is 0 Å². The number of sulfonamides is 1. The summed E-state index contributed by atoms with van der Waals surface area (Å²) in [5.74, 6) is 0.422. The molecule has 0 fully saturated rings. The summed E-state index contributed by atoms with van der Waals surface area (Å²) in [6.45, 7) is 3.85. The van der Waals surface area contributed by atoms with Gasteiger partial charge in [-0.25, -0.2) is 12.7 Å². The molecular weight excluding hydrogens is 352 g/mol. The molecule has 2 aromatic carbocycles. The highest BCUT2D eigenvalue weighted by molar-refractivity contribution is 7.89. The Morgan fingerprint density at radius 1 is 1.12 bits per heavy atom. The van der Waals surface area contributed by atoms with Gasteiger partial charge in [0.05, 0.1) is 18.0 Å². The quantitative estimate of drug-likeness (QED) is 0.841. The smallest absolute Gasteiger partial charge is 0.251 e. The fraction of sp³-hybridized carbons (Fsp3) is 0.316. The third-order valence-electron chi connectivity index (χ3n) is 4.09. The van der Waals surface area contributed by atoms with Crippen molar-refractivity contribution in [2.24, 2.45) is 0 Å². The zero-order valence-corrected chi connectivity index (χ0v) is 16.4. The van der Waals surface area contributed by atoms with Gasteiger partial charge in [0.1, 0.15) is 5.75 Å². The summed E-state index contributed by atoms with van der Waals surface area (Å²) in [5.41, 5.74) is 2.34. The van der Waals surface area contributed by atoms with Gasteiger partial charge in [-0.2, -0.15) is 0 Å². The summed E-state index contributed by atoms with van der Waals surface area (Å²) in [6.07, 6.45) is 0. The summed E-state index contributed by atoms with van der Waals surface area (Å²) >= 11 is 0. The average Bonchev–Trinajstić information content (AvgIpc) is 2.61.